The van der Waals surface area contributed by atoms with Crippen molar-refractivity contribution in [2.75, 3.05) is 32.5 Å². The van der Waals surface area contributed by atoms with Crippen LogP contribution in [0.3, 0.4) is 0 Å². The zero-order chi connectivity index (χ0) is 34.1. The summed E-state index contributed by atoms with van der Waals surface area (Å²) in [5, 5.41) is 3.19. The van der Waals surface area contributed by atoms with Crippen LogP contribution in [-0.4, -0.2) is 98.3 Å². The van der Waals surface area contributed by atoms with Crippen LogP contribution in [0.2, 0.25) is 0 Å². The second-order valence-corrected chi connectivity index (χ2v) is 15.1. The minimum absolute atomic E-state index is 0.0449. The summed E-state index contributed by atoms with van der Waals surface area (Å²) >= 11 is 0. The van der Waals surface area contributed by atoms with Crippen molar-refractivity contribution in [1.29, 1.82) is 0 Å². The number of hydrogen-bond acceptors (Lipinski definition) is 9. The van der Waals surface area contributed by atoms with Gasteiger partial charge in [0, 0.05) is 68.3 Å². The number of aromatic nitrogens is 3. The predicted molar refractivity (Wildman–Crippen MR) is 182 cm³/mol. The van der Waals surface area contributed by atoms with Gasteiger partial charge in [-0.25, -0.2) is 15.0 Å². The average Bonchev–Trinajstić information content (AvgIpc) is 3.49. The third-order valence-electron chi connectivity index (χ3n) is 9.90. The molecule has 47 heavy (non-hydrogen) atoms. The summed E-state index contributed by atoms with van der Waals surface area (Å²) in [6, 6.07) is 2.90. The highest BCUT2D eigenvalue weighted by Crippen LogP contribution is 2.53. The van der Waals surface area contributed by atoms with Gasteiger partial charge in [0.15, 0.2) is 0 Å². The van der Waals surface area contributed by atoms with Gasteiger partial charge in [0.05, 0.1) is 11.3 Å². The van der Waals surface area contributed by atoms with Crippen LogP contribution in [0.4, 0.5) is 11.8 Å². The molecule has 2 aromatic heterocycles. The van der Waals surface area contributed by atoms with E-state index in [-0.39, 0.29) is 17.4 Å². The van der Waals surface area contributed by atoms with Crippen molar-refractivity contribution >= 4 is 36.1 Å². The van der Waals surface area contributed by atoms with Crippen molar-refractivity contribution < 1.29 is 19.1 Å². The van der Waals surface area contributed by atoms with E-state index >= 15 is 0 Å². The van der Waals surface area contributed by atoms with Gasteiger partial charge in [0.1, 0.15) is 11.4 Å². The third kappa shape index (κ3) is 7.83. The number of rotatable bonds is 8. The number of likely N-dealkylation sites (tertiary alicyclic amines) is 1. The largest absolute Gasteiger partial charge is 0.462 e. The molecule has 11 nitrogen and oxygen atoms in total. The van der Waals surface area contributed by atoms with E-state index in [1.165, 1.54) is 38.5 Å². The standard InChI is InChI=1S/C31H41N7O2.C5H10O2/c1-19-10-27(32-16-26(19)29(40)37-17-24-13-31(3)14-25(18-37)38(24)31)35-30-33-15-23(20(2)34-30)12-22(28(39)36(4)5)11-21-8-6-7-9-21;1-5(2,3)7-4-6/h10,12,15-16,21,24-25H,6-9,11,13-14,17-18H2,1-5H3,(H,32,33,34,35);4H,1-3H3/b22-12+;. The molecular weight excluding hydrogens is 594 g/mol. The van der Waals surface area contributed by atoms with E-state index in [2.05, 4.69) is 36.8 Å². The fraction of sp³-hybridized carbons (Fsp3) is 0.611. The second kappa shape index (κ2) is 13.7. The molecule has 0 spiro atoms. The molecule has 6 rings (SSSR count). The average molecular weight is 646 g/mol. The number of piperazine rings is 1. The lowest BCUT2D eigenvalue weighted by atomic mass is 9.64. The molecule has 5 heterocycles. The molecule has 1 saturated carbocycles. The fourth-order valence-electron chi connectivity index (χ4n) is 7.68. The molecule has 11 heteroatoms. The van der Waals surface area contributed by atoms with Gasteiger partial charge in [-0.2, -0.15) is 0 Å². The Kier molecular flexibility index (Phi) is 10.1. The molecular formula is C36H51N7O4. The maximum absolute atomic E-state index is 13.4. The van der Waals surface area contributed by atoms with Crippen LogP contribution in [0.15, 0.2) is 24.0 Å². The number of piperidine rings is 1. The van der Waals surface area contributed by atoms with E-state index in [4.69, 9.17) is 0 Å². The SMILES string of the molecule is CC(C)(C)OC=O.Cc1cc(Nc2ncc(/C=C(\CC3CCCC3)C(=O)N(C)C)c(C)n2)ncc1C(=O)N1CC2CC3(C)CC(C1)N23. The van der Waals surface area contributed by atoms with E-state index in [9.17, 15) is 14.4 Å². The van der Waals surface area contributed by atoms with E-state index in [1.54, 1.807) is 31.4 Å². The summed E-state index contributed by atoms with van der Waals surface area (Å²) in [6.45, 7) is 13.8. The Morgan fingerprint density at radius 2 is 1.74 bits per heavy atom. The molecule has 4 aliphatic rings. The lowest BCUT2D eigenvalue weighted by Gasteiger charge is -2.72. The zero-order valence-electron chi connectivity index (χ0n) is 29.3. The van der Waals surface area contributed by atoms with Crippen molar-refractivity contribution in [3.63, 3.8) is 0 Å². The van der Waals surface area contributed by atoms with E-state index < -0.39 is 0 Å². The normalized spacial score (nSPS) is 23.8. The number of carbonyl (C=O) groups is 3. The van der Waals surface area contributed by atoms with Crippen LogP contribution in [0.5, 0.6) is 0 Å². The lowest BCUT2D eigenvalue weighted by Crippen LogP contribution is -2.83. The van der Waals surface area contributed by atoms with Crippen molar-refractivity contribution in [2.45, 2.75) is 110 Å². The number of nitrogens with one attached hydrogen (secondary N) is 1. The first-order chi connectivity index (χ1) is 22.2. The van der Waals surface area contributed by atoms with E-state index in [1.807, 2.05) is 51.7 Å². The summed E-state index contributed by atoms with van der Waals surface area (Å²) in [4.78, 5) is 55.8. The van der Waals surface area contributed by atoms with Crippen LogP contribution in [-0.2, 0) is 14.3 Å². The topological polar surface area (TPSA) is 121 Å². The molecule has 2 unspecified atom stereocenters. The smallest absolute Gasteiger partial charge is 0.293 e. The maximum atomic E-state index is 13.4. The minimum Gasteiger partial charge on any atom is -0.462 e. The zero-order valence-corrected chi connectivity index (χ0v) is 29.3. The van der Waals surface area contributed by atoms with Gasteiger partial charge in [0.2, 0.25) is 11.9 Å². The van der Waals surface area contributed by atoms with Gasteiger partial charge < -0.3 is 19.9 Å². The fourth-order valence-corrected chi connectivity index (χ4v) is 7.68. The molecule has 2 atom stereocenters. The van der Waals surface area contributed by atoms with Gasteiger partial charge in [-0.1, -0.05) is 25.7 Å². The molecule has 2 amide bonds. The van der Waals surface area contributed by atoms with Crippen molar-refractivity contribution in [3.05, 3.63) is 46.4 Å². The highest BCUT2D eigenvalue weighted by molar-refractivity contribution is 5.98. The molecule has 0 bridgehead atoms. The number of aryl methyl sites for hydroxylation is 2. The van der Waals surface area contributed by atoms with Gasteiger partial charge in [-0.3, -0.25) is 19.3 Å². The van der Waals surface area contributed by atoms with Gasteiger partial charge in [0.25, 0.3) is 12.4 Å². The number of anilines is 2. The number of carbonyl (C=O) groups excluding carboxylic acids is 3. The summed E-state index contributed by atoms with van der Waals surface area (Å²) < 4.78 is 4.55. The Labute approximate surface area is 279 Å². The Hall–Kier alpha value is -3.86. The number of nitrogens with zero attached hydrogens (tertiary/aromatic N) is 6. The summed E-state index contributed by atoms with van der Waals surface area (Å²) in [6.07, 6.45) is 13.4. The van der Waals surface area contributed by atoms with Crippen LogP contribution in [0, 0.1) is 19.8 Å². The predicted octanol–water partition coefficient (Wildman–Crippen LogP) is 5.30. The third-order valence-corrected chi connectivity index (χ3v) is 9.90. The lowest BCUT2D eigenvalue weighted by molar-refractivity contribution is -0.217. The highest BCUT2D eigenvalue weighted by Gasteiger charge is 2.62. The summed E-state index contributed by atoms with van der Waals surface area (Å²) in [5.41, 5.74) is 4.06. The molecule has 254 valence electrons. The number of amides is 2. The number of likely N-dealkylation sites (N-methyl/N-ethyl adjacent to an activating group) is 1. The summed E-state index contributed by atoms with van der Waals surface area (Å²) in [7, 11) is 3.60. The first-order valence-electron chi connectivity index (χ1n) is 16.9. The molecule has 4 fully saturated rings. The van der Waals surface area contributed by atoms with Crippen LogP contribution in [0.25, 0.3) is 6.08 Å². The first kappa shape index (κ1) is 34.5. The molecule has 0 radical (unpaired) electrons. The molecule has 1 N–H and O–H groups in total. The quantitative estimate of drug-likeness (QED) is 0.301. The monoisotopic (exact) mass is 645 g/mol. The summed E-state index contributed by atoms with van der Waals surface area (Å²) in [5.74, 6) is 1.72. The van der Waals surface area contributed by atoms with Gasteiger partial charge in [-0.05, 0) is 84.4 Å². The van der Waals surface area contributed by atoms with Crippen LogP contribution >= 0.6 is 0 Å². The van der Waals surface area contributed by atoms with Crippen molar-refractivity contribution in [1.82, 2.24) is 29.7 Å². The van der Waals surface area contributed by atoms with Crippen molar-refractivity contribution in [3.8, 4) is 0 Å². The van der Waals surface area contributed by atoms with Gasteiger partial charge in [-0.15, -0.1) is 0 Å². The first-order valence-corrected chi connectivity index (χ1v) is 16.9. The van der Waals surface area contributed by atoms with E-state index in [0.29, 0.717) is 47.3 Å². The minimum atomic E-state index is -0.318. The Balaban J connectivity index is 0.000000559. The molecule has 3 aliphatic heterocycles. The number of ether oxygens (including phenoxy) is 1. The number of hydrogen-bond donors (Lipinski definition) is 1. The van der Waals surface area contributed by atoms with Crippen LogP contribution < -0.4 is 5.32 Å². The van der Waals surface area contributed by atoms with Crippen LogP contribution in [0.1, 0.15) is 99.8 Å². The molecule has 1 aliphatic carbocycles. The highest BCUT2D eigenvalue weighted by atomic mass is 16.5. The molecule has 0 aromatic carbocycles. The van der Waals surface area contributed by atoms with Crippen molar-refractivity contribution in [2.24, 2.45) is 5.92 Å². The van der Waals surface area contributed by atoms with Gasteiger partial charge >= 0.3 is 0 Å². The Morgan fingerprint density at radius 3 is 2.26 bits per heavy atom. The second-order valence-electron chi connectivity index (χ2n) is 15.1. The Bertz CT molecular complexity index is 1510. The molecule has 2 aromatic rings. The van der Waals surface area contributed by atoms with E-state index in [0.717, 1.165) is 41.9 Å². The molecule has 3 saturated heterocycles. The maximum Gasteiger partial charge on any atom is 0.293 e. The number of pyridine rings is 1. The Morgan fingerprint density at radius 1 is 1.09 bits per heavy atom.